The predicted octanol–water partition coefficient (Wildman–Crippen LogP) is 0.0299. The highest BCUT2D eigenvalue weighted by Crippen LogP contribution is 2.04. The zero-order chi connectivity index (χ0) is 14.5. The van der Waals surface area contributed by atoms with Crippen LogP contribution in [0, 0.1) is 0 Å². The Labute approximate surface area is 114 Å². The van der Waals surface area contributed by atoms with Crippen LogP contribution >= 0.6 is 0 Å². The van der Waals surface area contributed by atoms with Gasteiger partial charge in [-0.1, -0.05) is 11.3 Å². The molecule has 2 rings (SSSR count). The molecule has 0 unspecified atom stereocenters. The molecule has 0 aliphatic rings. The number of aromatic nitrogens is 4. The highest BCUT2D eigenvalue weighted by molar-refractivity contribution is 5.91. The summed E-state index contributed by atoms with van der Waals surface area (Å²) in [6.07, 6.45) is 2.96. The molecule has 8 nitrogen and oxygen atoms in total. The van der Waals surface area contributed by atoms with Gasteiger partial charge in [0, 0.05) is 13.2 Å². The molecule has 0 fully saturated rings. The van der Waals surface area contributed by atoms with E-state index in [0.29, 0.717) is 6.54 Å². The predicted molar refractivity (Wildman–Crippen MR) is 67.7 cm³/mol. The van der Waals surface area contributed by atoms with E-state index < -0.39 is 5.97 Å². The van der Waals surface area contributed by atoms with Gasteiger partial charge in [-0.25, -0.2) is 4.68 Å². The zero-order valence-corrected chi connectivity index (χ0v) is 10.8. The van der Waals surface area contributed by atoms with Crippen LogP contribution in [0.4, 0.5) is 0 Å². The molecular formula is C12H13N5O3. The molecule has 0 spiro atoms. The maximum Gasteiger partial charge on any atom is 0.325 e. The lowest BCUT2D eigenvalue weighted by Crippen LogP contribution is -2.27. The molecule has 104 valence electrons. The van der Waals surface area contributed by atoms with Crippen molar-refractivity contribution < 1.29 is 14.7 Å². The van der Waals surface area contributed by atoms with Gasteiger partial charge < -0.3 is 10.0 Å². The van der Waals surface area contributed by atoms with Gasteiger partial charge in [0.2, 0.25) is 0 Å². The van der Waals surface area contributed by atoms with E-state index in [2.05, 4.69) is 15.3 Å². The van der Waals surface area contributed by atoms with Gasteiger partial charge in [0.1, 0.15) is 6.54 Å². The summed E-state index contributed by atoms with van der Waals surface area (Å²) < 4.78 is 1.10. The number of rotatable bonds is 5. The van der Waals surface area contributed by atoms with Gasteiger partial charge in [-0.05, 0) is 12.1 Å². The van der Waals surface area contributed by atoms with Gasteiger partial charge in [0.25, 0.3) is 5.91 Å². The maximum absolute atomic E-state index is 12.1. The van der Waals surface area contributed by atoms with Crippen molar-refractivity contribution in [1.29, 1.82) is 0 Å². The lowest BCUT2D eigenvalue weighted by molar-refractivity contribution is -0.137. The summed E-state index contributed by atoms with van der Waals surface area (Å²) >= 11 is 0. The van der Waals surface area contributed by atoms with Gasteiger partial charge in [-0.15, -0.1) is 5.10 Å². The fraction of sp³-hybridized carbons (Fsp3) is 0.250. The molecule has 2 aromatic rings. The topological polar surface area (TPSA) is 101 Å². The average molecular weight is 275 g/mol. The summed E-state index contributed by atoms with van der Waals surface area (Å²) in [6.45, 7) is 0.00962. The molecule has 2 heterocycles. The molecule has 0 saturated heterocycles. The SMILES string of the molecule is CN(Cc1ccccn1)C(=O)c1cn(CC(=O)O)nn1. The van der Waals surface area contributed by atoms with Crippen LogP contribution in [-0.4, -0.2) is 48.9 Å². The smallest absolute Gasteiger partial charge is 0.325 e. The van der Waals surface area contributed by atoms with Gasteiger partial charge in [0.05, 0.1) is 18.4 Å². The third-order valence-corrected chi connectivity index (χ3v) is 2.53. The summed E-state index contributed by atoms with van der Waals surface area (Å²) in [5.74, 6) is -1.39. The molecule has 1 amide bonds. The minimum absolute atomic E-state index is 0.102. The molecule has 2 aromatic heterocycles. The molecule has 0 aliphatic heterocycles. The first kappa shape index (κ1) is 13.7. The van der Waals surface area contributed by atoms with E-state index in [1.54, 1.807) is 19.3 Å². The van der Waals surface area contributed by atoms with E-state index in [4.69, 9.17) is 5.11 Å². The van der Waals surface area contributed by atoms with Crippen LogP contribution in [0.2, 0.25) is 0 Å². The first-order chi connectivity index (χ1) is 9.56. The third-order valence-electron chi connectivity index (χ3n) is 2.53. The quantitative estimate of drug-likeness (QED) is 0.826. The third kappa shape index (κ3) is 3.37. The number of hydrogen-bond acceptors (Lipinski definition) is 5. The molecule has 0 aliphatic carbocycles. The van der Waals surface area contributed by atoms with Crippen molar-refractivity contribution in [2.24, 2.45) is 0 Å². The van der Waals surface area contributed by atoms with Crippen molar-refractivity contribution in [3.05, 3.63) is 42.0 Å². The van der Waals surface area contributed by atoms with Gasteiger partial charge in [0.15, 0.2) is 5.69 Å². The molecule has 0 atom stereocenters. The number of amides is 1. The summed E-state index contributed by atoms with van der Waals surface area (Å²) in [5, 5.41) is 15.9. The van der Waals surface area contributed by atoms with Crippen LogP contribution in [-0.2, 0) is 17.9 Å². The van der Waals surface area contributed by atoms with Crippen LogP contribution in [0.5, 0.6) is 0 Å². The fourth-order valence-electron chi connectivity index (χ4n) is 1.61. The second-order valence-corrected chi connectivity index (χ2v) is 4.18. The van der Waals surface area contributed by atoms with Crippen molar-refractivity contribution in [2.75, 3.05) is 7.05 Å². The van der Waals surface area contributed by atoms with Crippen LogP contribution in [0.25, 0.3) is 0 Å². The molecule has 20 heavy (non-hydrogen) atoms. The molecule has 0 radical (unpaired) electrons. The number of carboxylic acid groups (broad SMARTS) is 1. The van der Waals surface area contributed by atoms with Crippen molar-refractivity contribution >= 4 is 11.9 Å². The Morgan fingerprint density at radius 1 is 1.40 bits per heavy atom. The number of pyridine rings is 1. The second-order valence-electron chi connectivity index (χ2n) is 4.18. The molecular weight excluding hydrogens is 262 g/mol. The van der Waals surface area contributed by atoms with Crippen molar-refractivity contribution in [2.45, 2.75) is 13.1 Å². The standard InChI is InChI=1S/C12H13N5O3/c1-16(6-9-4-2-3-5-13-9)12(20)10-7-17(15-14-10)8-11(18)19/h2-5,7H,6,8H2,1H3,(H,18,19). The van der Waals surface area contributed by atoms with E-state index in [0.717, 1.165) is 10.4 Å². The Morgan fingerprint density at radius 3 is 2.85 bits per heavy atom. The van der Waals surface area contributed by atoms with Crippen LogP contribution in [0.1, 0.15) is 16.2 Å². The van der Waals surface area contributed by atoms with Crippen LogP contribution < -0.4 is 0 Å². The average Bonchev–Trinajstić information content (AvgIpc) is 2.86. The number of aliphatic carboxylic acids is 1. The lowest BCUT2D eigenvalue weighted by atomic mass is 10.3. The summed E-state index contributed by atoms with van der Waals surface area (Å²) in [5.41, 5.74) is 0.853. The maximum atomic E-state index is 12.1. The Bertz CT molecular complexity index is 611. The number of hydrogen-bond donors (Lipinski definition) is 1. The number of carbonyl (C=O) groups excluding carboxylic acids is 1. The summed E-state index contributed by atoms with van der Waals surface area (Å²) in [6, 6.07) is 5.44. The summed E-state index contributed by atoms with van der Waals surface area (Å²) in [7, 11) is 1.62. The largest absolute Gasteiger partial charge is 0.480 e. The monoisotopic (exact) mass is 275 g/mol. The van der Waals surface area contributed by atoms with Gasteiger partial charge in [-0.3, -0.25) is 14.6 Å². The Morgan fingerprint density at radius 2 is 2.20 bits per heavy atom. The van der Waals surface area contributed by atoms with E-state index in [1.807, 2.05) is 12.1 Å². The molecule has 1 N–H and O–H groups in total. The Hall–Kier alpha value is -2.77. The van der Waals surface area contributed by atoms with Crippen molar-refractivity contribution in [3.8, 4) is 0 Å². The van der Waals surface area contributed by atoms with E-state index >= 15 is 0 Å². The van der Waals surface area contributed by atoms with E-state index in [-0.39, 0.29) is 18.1 Å². The fourth-order valence-corrected chi connectivity index (χ4v) is 1.61. The zero-order valence-electron chi connectivity index (χ0n) is 10.8. The lowest BCUT2D eigenvalue weighted by Gasteiger charge is -2.14. The van der Waals surface area contributed by atoms with Gasteiger partial charge in [-0.2, -0.15) is 0 Å². The molecule has 8 heteroatoms. The van der Waals surface area contributed by atoms with Gasteiger partial charge >= 0.3 is 5.97 Å². The van der Waals surface area contributed by atoms with E-state index in [9.17, 15) is 9.59 Å². The van der Waals surface area contributed by atoms with Crippen molar-refractivity contribution in [3.63, 3.8) is 0 Å². The molecule has 0 aromatic carbocycles. The van der Waals surface area contributed by atoms with Crippen LogP contribution in [0.15, 0.2) is 30.6 Å². The number of carbonyl (C=O) groups is 2. The summed E-state index contributed by atoms with van der Waals surface area (Å²) in [4.78, 5) is 28.2. The van der Waals surface area contributed by atoms with Crippen LogP contribution in [0.3, 0.4) is 0 Å². The number of carboxylic acids is 1. The highest BCUT2D eigenvalue weighted by atomic mass is 16.4. The minimum Gasteiger partial charge on any atom is -0.480 e. The molecule has 0 bridgehead atoms. The highest BCUT2D eigenvalue weighted by Gasteiger charge is 2.16. The molecule has 0 saturated carbocycles. The van der Waals surface area contributed by atoms with Crippen molar-refractivity contribution in [1.82, 2.24) is 24.9 Å². The number of nitrogens with zero attached hydrogens (tertiary/aromatic N) is 5. The minimum atomic E-state index is -1.05. The Kier molecular flexibility index (Phi) is 4.04. The second kappa shape index (κ2) is 5.91. The normalized spacial score (nSPS) is 10.2. The Balaban J connectivity index is 2.03. The van der Waals surface area contributed by atoms with E-state index in [1.165, 1.54) is 11.1 Å². The first-order valence-corrected chi connectivity index (χ1v) is 5.83. The first-order valence-electron chi connectivity index (χ1n) is 5.83.